The number of aliphatic imine (C=N–C) groups is 1. The molecule has 0 fully saturated rings. The maximum absolute atomic E-state index is 14.4. The molecule has 0 saturated heterocycles. The highest BCUT2D eigenvalue weighted by molar-refractivity contribution is 6.01. The number of benzene rings is 1. The maximum Gasteiger partial charge on any atom is 0.451 e. The topological polar surface area (TPSA) is 89.9 Å². The van der Waals surface area contributed by atoms with Crippen LogP contribution in [0.3, 0.4) is 0 Å². The summed E-state index contributed by atoms with van der Waals surface area (Å²) in [5.74, 6) is -2.43. The number of fused-ring (bicyclic) bond motifs is 1. The minimum Gasteiger partial charge on any atom is -0.369 e. The van der Waals surface area contributed by atoms with Gasteiger partial charge in [0.25, 0.3) is 0 Å². The van der Waals surface area contributed by atoms with Crippen LogP contribution in [-0.4, -0.2) is 59.6 Å². The zero-order chi connectivity index (χ0) is 28.6. The van der Waals surface area contributed by atoms with Crippen LogP contribution in [-0.2, 0) is 6.18 Å². The van der Waals surface area contributed by atoms with Crippen LogP contribution in [0.25, 0.3) is 27.8 Å². The number of hydrogen-bond acceptors (Lipinski definition) is 6. The lowest BCUT2D eigenvalue weighted by molar-refractivity contribution is -0.144. The van der Waals surface area contributed by atoms with E-state index < -0.39 is 23.6 Å². The van der Waals surface area contributed by atoms with Crippen molar-refractivity contribution in [3.63, 3.8) is 0 Å². The molecule has 0 N–H and O–H groups in total. The molecule has 5 aromatic rings. The van der Waals surface area contributed by atoms with Gasteiger partial charge >= 0.3 is 6.18 Å². The first-order valence-corrected chi connectivity index (χ1v) is 12.0. The monoisotopic (exact) mass is 555 g/mol. The summed E-state index contributed by atoms with van der Waals surface area (Å²) in [6, 6.07) is 2.84. The Kier molecular flexibility index (Phi) is 7.00. The number of hydrogen-bond donors (Lipinski definition) is 0. The molecule has 0 aliphatic rings. The molecule has 0 spiro atoms. The highest BCUT2D eigenvalue weighted by Gasteiger charge is 2.34. The van der Waals surface area contributed by atoms with Crippen LogP contribution in [0.1, 0.15) is 30.8 Å². The van der Waals surface area contributed by atoms with E-state index in [9.17, 15) is 22.0 Å². The molecule has 14 heteroatoms. The molecule has 5 rings (SSSR count). The fourth-order valence-corrected chi connectivity index (χ4v) is 4.31. The van der Waals surface area contributed by atoms with Crippen LogP contribution in [0.5, 0.6) is 0 Å². The smallest absolute Gasteiger partial charge is 0.369 e. The van der Waals surface area contributed by atoms with E-state index in [2.05, 4.69) is 30.0 Å². The van der Waals surface area contributed by atoms with Gasteiger partial charge < -0.3 is 9.47 Å². The maximum atomic E-state index is 14.4. The fraction of sp³-hybridized carbons (Fsp3) is 0.231. The second-order valence-corrected chi connectivity index (χ2v) is 9.09. The summed E-state index contributed by atoms with van der Waals surface area (Å²) < 4.78 is 70.3. The molecule has 0 radical (unpaired) electrons. The second kappa shape index (κ2) is 10.4. The normalized spacial score (nSPS) is 12.9. The van der Waals surface area contributed by atoms with Crippen molar-refractivity contribution >= 4 is 23.2 Å². The Morgan fingerprint density at radius 2 is 1.77 bits per heavy atom. The largest absolute Gasteiger partial charge is 0.451 e. The zero-order valence-corrected chi connectivity index (χ0v) is 21.5. The first-order chi connectivity index (χ1) is 19.1. The van der Waals surface area contributed by atoms with E-state index in [1.165, 1.54) is 17.1 Å². The summed E-state index contributed by atoms with van der Waals surface area (Å²) in [6.07, 6.45) is 5.86. The SMILES string of the molecule is CCC(c1cnn(-c2ccc(F)cc2F)c1)n1cc(-c2cnc(C(F)(F)F)nc2)c2c(/N=C\N(C)C)ncnc21. The predicted molar refractivity (Wildman–Crippen MR) is 137 cm³/mol. The summed E-state index contributed by atoms with van der Waals surface area (Å²) >= 11 is 0. The second-order valence-electron chi connectivity index (χ2n) is 9.09. The highest BCUT2D eigenvalue weighted by atomic mass is 19.4. The van der Waals surface area contributed by atoms with Gasteiger partial charge in [0.1, 0.15) is 23.5 Å². The molecule has 0 aliphatic carbocycles. The Morgan fingerprint density at radius 1 is 1.02 bits per heavy atom. The van der Waals surface area contributed by atoms with E-state index >= 15 is 0 Å². The first-order valence-electron chi connectivity index (χ1n) is 12.0. The molecule has 206 valence electrons. The van der Waals surface area contributed by atoms with Crippen LogP contribution in [0, 0.1) is 11.6 Å². The van der Waals surface area contributed by atoms with E-state index in [0.717, 1.165) is 24.5 Å². The molecule has 40 heavy (non-hydrogen) atoms. The molecule has 4 heterocycles. The first kappa shape index (κ1) is 26.8. The number of alkyl halides is 3. The number of halogens is 5. The molecular formula is C26H22F5N9. The van der Waals surface area contributed by atoms with Gasteiger partial charge in [-0.15, -0.1) is 0 Å². The van der Waals surface area contributed by atoms with Crippen molar-refractivity contribution in [2.45, 2.75) is 25.6 Å². The quantitative estimate of drug-likeness (QED) is 0.148. The standard InChI is InChI=1S/C26H22F5N9/c1-4-20(16-10-37-40(11-16)21-6-5-17(27)7-19(21)28)39-12-18(15-8-32-25(33-9-15)26(29,30)31)22-23(36-14-38(2)3)34-13-35-24(22)39/h5-14,20H,4H2,1-3H3/b36-14-. The van der Waals surface area contributed by atoms with Gasteiger partial charge in [0, 0.05) is 61.6 Å². The highest BCUT2D eigenvalue weighted by Crippen LogP contribution is 2.38. The summed E-state index contributed by atoms with van der Waals surface area (Å²) in [6.45, 7) is 1.93. The van der Waals surface area contributed by atoms with Crippen LogP contribution < -0.4 is 0 Å². The average Bonchev–Trinajstić information content (AvgIpc) is 3.54. The third-order valence-corrected chi connectivity index (χ3v) is 6.08. The van der Waals surface area contributed by atoms with Crippen LogP contribution in [0.15, 0.2) is 60.5 Å². The van der Waals surface area contributed by atoms with Crippen LogP contribution in [0.2, 0.25) is 0 Å². The summed E-state index contributed by atoms with van der Waals surface area (Å²) in [4.78, 5) is 21.9. The van der Waals surface area contributed by atoms with Crippen molar-refractivity contribution in [2.75, 3.05) is 14.1 Å². The molecule has 1 atom stereocenters. The van der Waals surface area contributed by atoms with Crippen molar-refractivity contribution in [3.05, 3.63) is 78.5 Å². The van der Waals surface area contributed by atoms with E-state index in [1.807, 2.05) is 11.5 Å². The molecule has 4 aromatic heterocycles. The molecule has 1 unspecified atom stereocenters. The third kappa shape index (κ3) is 5.11. The van der Waals surface area contributed by atoms with Gasteiger partial charge in [-0.2, -0.15) is 18.3 Å². The molecule has 0 bridgehead atoms. The number of rotatable bonds is 7. The fourth-order valence-electron chi connectivity index (χ4n) is 4.31. The third-order valence-electron chi connectivity index (χ3n) is 6.08. The van der Waals surface area contributed by atoms with Gasteiger partial charge in [0.15, 0.2) is 11.6 Å². The number of nitrogens with zero attached hydrogens (tertiary/aromatic N) is 9. The molecule has 0 saturated carbocycles. The minimum atomic E-state index is -4.69. The van der Waals surface area contributed by atoms with E-state index in [0.29, 0.717) is 40.0 Å². The van der Waals surface area contributed by atoms with E-state index in [1.54, 1.807) is 43.9 Å². The Balaban J connectivity index is 1.66. The Bertz CT molecular complexity index is 1690. The minimum absolute atomic E-state index is 0.0742. The van der Waals surface area contributed by atoms with Crippen molar-refractivity contribution < 1.29 is 22.0 Å². The Morgan fingerprint density at radius 3 is 2.42 bits per heavy atom. The van der Waals surface area contributed by atoms with Crippen LogP contribution >= 0.6 is 0 Å². The lowest BCUT2D eigenvalue weighted by Crippen LogP contribution is -2.10. The van der Waals surface area contributed by atoms with Crippen LogP contribution in [0.4, 0.5) is 27.8 Å². The van der Waals surface area contributed by atoms with Gasteiger partial charge in [-0.25, -0.2) is 38.4 Å². The lowest BCUT2D eigenvalue weighted by Gasteiger charge is -2.16. The summed E-state index contributed by atoms with van der Waals surface area (Å²) in [5.41, 5.74) is 2.01. The molecule has 0 aliphatic heterocycles. The van der Waals surface area contributed by atoms with E-state index in [-0.39, 0.29) is 11.7 Å². The van der Waals surface area contributed by atoms with Crippen molar-refractivity contribution in [3.8, 4) is 16.8 Å². The Hall–Kier alpha value is -4.75. The lowest BCUT2D eigenvalue weighted by atomic mass is 10.1. The predicted octanol–water partition coefficient (Wildman–Crippen LogP) is 5.59. The summed E-state index contributed by atoms with van der Waals surface area (Å²) in [5, 5.41) is 4.75. The molecule has 1 aromatic carbocycles. The molecular weight excluding hydrogens is 533 g/mol. The average molecular weight is 556 g/mol. The van der Waals surface area contributed by atoms with Gasteiger partial charge in [-0.3, -0.25) is 0 Å². The van der Waals surface area contributed by atoms with E-state index in [4.69, 9.17) is 0 Å². The van der Waals surface area contributed by atoms with Crippen molar-refractivity contribution in [1.29, 1.82) is 0 Å². The molecule has 9 nitrogen and oxygen atoms in total. The van der Waals surface area contributed by atoms with Gasteiger partial charge in [0.05, 0.1) is 24.0 Å². The van der Waals surface area contributed by atoms with Gasteiger partial charge in [-0.1, -0.05) is 6.92 Å². The van der Waals surface area contributed by atoms with Crippen molar-refractivity contribution in [2.24, 2.45) is 4.99 Å². The van der Waals surface area contributed by atoms with Crippen molar-refractivity contribution in [1.82, 2.24) is 39.2 Å². The van der Waals surface area contributed by atoms with Gasteiger partial charge in [-0.05, 0) is 18.6 Å². The Labute approximate surface area is 224 Å². The zero-order valence-electron chi connectivity index (χ0n) is 21.5. The summed E-state index contributed by atoms with van der Waals surface area (Å²) in [7, 11) is 3.57. The number of aromatic nitrogens is 7. The van der Waals surface area contributed by atoms with Gasteiger partial charge in [0.2, 0.25) is 5.82 Å². The molecule has 0 amide bonds.